The van der Waals surface area contributed by atoms with Gasteiger partial charge in [0.1, 0.15) is 5.69 Å². The average molecular weight is 267 g/mol. The average Bonchev–Trinajstić information content (AvgIpc) is 2.45. The van der Waals surface area contributed by atoms with Gasteiger partial charge in [-0.3, -0.25) is 4.98 Å². The third kappa shape index (κ3) is 3.64. The first-order chi connectivity index (χ1) is 9.12. The van der Waals surface area contributed by atoms with Crippen LogP contribution in [0.3, 0.4) is 0 Å². The highest BCUT2D eigenvalue weighted by atomic mass is 16.5. The summed E-state index contributed by atoms with van der Waals surface area (Å²) in [7, 11) is 1.61. The maximum Gasteiger partial charge on any atom is 0.237 e. The number of nitrogens with one attached hydrogen (secondary N) is 1. The highest BCUT2D eigenvalue weighted by Crippen LogP contribution is 2.34. The van der Waals surface area contributed by atoms with Gasteiger partial charge in [-0.1, -0.05) is 13.8 Å². The first kappa shape index (κ1) is 15.9. The molecule has 1 N–H and O–H groups in total. The molecule has 0 aliphatic rings. The number of rotatable bonds is 8. The molecule has 108 valence electrons. The first-order valence-corrected chi connectivity index (χ1v) is 6.85. The lowest BCUT2D eigenvalue weighted by Crippen LogP contribution is -2.44. The van der Waals surface area contributed by atoms with Crippen molar-refractivity contribution in [1.29, 1.82) is 0 Å². The van der Waals surface area contributed by atoms with E-state index in [-0.39, 0.29) is 11.6 Å². The van der Waals surface area contributed by atoms with Gasteiger partial charge in [-0.2, -0.15) is 0 Å². The monoisotopic (exact) mass is 267 g/mol. The molecule has 1 heterocycles. The van der Waals surface area contributed by atoms with Crippen LogP contribution in [0.5, 0.6) is 5.88 Å². The number of methoxy groups -OCH3 is 1. The molecule has 2 unspecified atom stereocenters. The van der Waals surface area contributed by atoms with Crippen LogP contribution in [-0.2, 0) is 4.74 Å². The minimum Gasteiger partial charge on any atom is -0.480 e. The van der Waals surface area contributed by atoms with E-state index in [4.69, 9.17) is 9.47 Å². The number of aromatic nitrogens is 2. The van der Waals surface area contributed by atoms with E-state index in [0.29, 0.717) is 12.5 Å². The van der Waals surface area contributed by atoms with Crippen molar-refractivity contribution in [2.24, 2.45) is 0 Å². The van der Waals surface area contributed by atoms with Gasteiger partial charge in [0.05, 0.1) is 18.8 Å². The van der Waals surface area contributed by atoms with Gasteiger partial charge in [-0.25, -0.2) is 4.98 Å². The normalized spacial score (nSPS) is 15.8. The third-order valence-electron chi connectivity index (χ3n) is 3.35. The van der Waals surface area contributed by atoms with E-state index in [0.717, 1.165) is 18.7 Å². The van der Waals surface area contributed by atoms with E-state index in [9.17, 15) is 0 Å². The summed E-state index contributed by atoms with van der Waals surface area (Å²) >= 11 is 0. The van der Waals surface area contributed by atoms with Crippen molar-refractivity contribution in [3.8, 4) is 5.88 Å². The Bertz CT molecular complexity index is 387. The fraction of sp³-hybridized carbons (Fsp3) is 0.714. The van der Waals surface area contributed by atoms with Crippen LogP contribution in [0.15, 0.2) is 12.4 Å². The molecule has 0 aliphatic heterocycles. The molecule has 1 aromatic heterocycles. The summed E-state index contributed by atoms with van der Waals surface area (Å²) in [6.45, 7) is 9.77. The smallest absolute Gasteiger partial charge is 0.237 e. The van der Waals surface area contributed by atoms with Gasteiger partial charge >= 0.3 is 0 Å². The Morgan fingerprint density at radius 1 is 1.26 bits per heavy atom. The molecule has 0 aliphatic carbocycles. The Balaban J connectivity index is 3.18. The predicted octanol–water partition coefficient (Wildman–Crippen LogP) is 2.34. The van der Waals surface area contributed by atoms with E-state index >= 15 is 0 Å². The van der Waals surface area contributed by atoms with E-state index in [1.165, 1.54) is 0 Å². The topological polar surface area (TPSA) is 56.3 Å². The zero-order chi connectivity index (χ0) is 14.3. The van der Waals surface area contributed by atoms with Crippen LogP contribution in [-0.4, -0.2) is 35.8 Å². The molecule has 5 heteroatoms. The summed E-state index contributed by atoms with van der Waals surface area (Å²) in [6, 6.07) is -0.0499. The lowest BCUT2D eigenvalue weighted by molar-refractivity contribution is -0.0575. The highest BCUT2D eigenvalue weighted by molar-refractivity contribution is 5.24. The van der Waals surface area contributed by atoms with Gasteiger partial charge in [0, 0.05) is 19.0 Å². The molecule has 0 bridgehead atoms. The quantitative estimate of drug-likeness (QED) is 0.783. The van der Waals surface area contributed by atoms with Crippen LogP contribution in [0.1, 0.15) is 45.9 Å². The van der Waals surface area contributed by atoms with Gasteiger partial charge < -0.3 is 14.8 Å². The van der Waals surface area contributed by atoms with Gasteiger partial charge in [0.2, 0.25) is 5.88 Å². The van der Waals surface area contributed by atoms with Gasteiger partial charge in [0.15, 0.2) is 0 Å². The lowest BCUT2D eigenvalue weighted by Gasteiger charge is -2.37. The third-order valence-corrected chi connectivity index (χ3v) is 3.35. The first-order valence-electron chi connectivity index (χ1n) is 6.85. The summed E-state index contributed by atoms with van der Waals surface area (Å²) in [5.74, 6) is 0.549. The predicted molar refractivity (Wildman–Crippen MR) is 75.3 cm³/mol. The zero-order valence-electron chi connectivity index (χ0n) is 12.6. The zero-order valence-corrected chi connectivity index (χ0v) is 12.6. The highest BCUT2D eigenvalue weighted by Gasteiger charge is 2.37. The largest absolute Gasteiger partial charge is 0.480 e. The Hall–Kier alpha value is -1.20. The Morgan fingerprint density at radius 3 is 2.47 bits per heavy atom. The van der Waals surface area contributed by atoms with Crippen molar-refractivity contribution in [2.75, 3.05) is 20.3 Å². The molecule has 0 saturated heterocycles. The fourth-order valence-corrected chi connectivity index (χ4v) is 2.22. The second-order valence-electron chi connectivity index (χ2n) is 4.54. The molecule has 0 radical (unpaired) electrons. The maximum absolute atomic E-state index is 5.96. The van der Waals surface area contributed by atoms with Gasteiger partial charge in [-0.05, 0) is 26.8 Å². The number of hydrogen-bond acceptors (Lipinski definition) is 5. The van der Waals surface area contributed by atoms with Crippen molar-refractivity contribution in [3.05, 3.63) is 18.1 Å². The fourth-order valence-electron chi connectivity index (χ4n) is 2.22. The minimum atomic E-state index is -0.339. The summed E-state index contributed by atoms with van der Waals surface area (Å²) < 4.78 is 11.3. The Labute approximate surface area is 115 Å². The van der Waals surface area contributed by atoms with E-state index in [1.54, 1.807) is 19.5 Å². The van der Waals surface area contributed by atoms with Crippen molar-refractivity contribution in [2.45, 2.75) is 45.8 Å². The van der Waals surface area contributed by atoms with Crippen molar-refractivity contribution >= 4 is 0 Å². The van der Waals surface area contributed by atoms with Crippen LogP contribution in [0.4, 0.5) is 0 Å². The summed E-state index contributed by atoms with van der Waals surface area (Å²) in [5, 5.41) is 3.44. The van der Waals surface area contributed by atoms with Crippen LogP contribution >= 0.6 is 0 Å². The standard InChI is InChI=1S/C14H25N3O2/c1-6-14(4,19-8-3)12(15-7-2)11-13(18-5)17-10-9-16-11/h9-10,12,15H,6-8H2,1-5H3. The molecule has 19 heavy (non-hydrogen) atoms. The van der Waals surface area contributed by atoms with Gasteiger partial charge in [0.25, 0.3) is 0 Å². The molecular formula is C14H25N3O2. The molecule has 0 spiro atoms. The minimum absolute atomic E-state index is 0.0499. The van der Waals surface area contributed by atoms with Crippen molar-refractivity contribution in [3.63, 3.8) is 0 Å². The van der Waals surface area contributed by atoms with E-state index in [2.05, 4.69) is 36.1 Å². The van der Waals surface area contributed by atoms with Crippen LogP contribution in [0, 0.1) is 0 Å². The summed E-state index contributed by atoms with van der Waals surface area (Å²) in [4.78, 5) is 8.66. The van der Waals surface area contributed by atoms with Crippen LogP contribution < -0.4 is 10.1 Å². The molecule has 1 aromatic rings. The number of hydrogen-bond donors (Lipinski definition) is 1. The second-order valence-corrected chi connectivity index (χ2v) is 4.54. The molecule has 1 rings (SSSR count). The number of nitrogens with zero attached hydrogens (tertiary/aromatic N) is 2. The summed E-state index contributed by atoms with van der Waals surface area (Å²) in [6.07, 6.45) is 4.19. The molecule has 0 fully saturated rings. The van der Waals surface area contributed by atoms with E-state index in [1.807, 2.05) is 6.92 Å². The van der Waals surface area contributed by atoms with Crippen LogP contribution in [0.25, 0.3) is 0 Å². The Morgan fingerprint density at radius 2 is 1.95 bits per heavy atom. The van der Waals surface area contributed by atoms with E-state index < -0.39 is 0 Å². The number of likely N-dealkylation sites (N-methyl/N-ethyl adjacent to an activating group) is 1. The Kier molecular flexibility index (Phi) is 6.18. The maximum atomic E-state index is 5.96. The lowest BCUT2D eigenvalue weighted by atomic mass is 9.90. The molecular weight excluding hydrogens is 242 g/mol. The van der Waals surface area contributed by atoms with Crippen molar-refractivity contribution < 1.29 is 9.47 Å². The SMILES string of the molecule is CCNC(c1nccnc1OC)C(C)(CC)OCC. The van der Waals surface area contributed by atoms with Crippen LogP contribution in [0.2, 0.25) is 0 Å². The molecule has 0 amide bonds. The second kappa shape index (κ2) is 7.40. The number of ether oxygens (including phenoxy) is 2. The van der Waals surface area contributed by atoms with Crippen molar-refractivity contribution in [1.82, 2.24) is 15.3 Å². The molecule has 2 atom stereocenters. The molecule has 5 nitrogen and oxygen atoms in total. The summed E-state index contributed by atoms with van der Waals surface area (Å²) in [5.41, 5.74) is 0.457. The molecule has 0 saturated carbocycles. The van der Waals surface area contributed by atoms with Gasteiger partial charge in [-0.15, -0.1) is 0 Å². The molecule has 0 aromatic carbocycles.